The Bertz CT molecular complexity index is 289. The van der Waals surface area contributed by atoms with E-state index in [-0.39, 0.29) is 0 Å². The zero-order chi connectivity index (χ0) is 11.1. The molecule has 1 aliphatic rings. The molecule has 2 nitrogen and oxygen atoms in total. The third-order valence-electron chi connectivity index (χ3n) is 2.53. The number of carbonyl (C=O) groups excluding carboxylic acids is 1. The molecule has 0 heterocycles. The Hall–Kier alpha value is -1.31. The molecular weight excluding hydrogens is 188 g/mol. The predicted molar refractivity (Wildman–Crippen MR) is 60.9 cm³/mol. The first kappa shape index (κ1) is 11.8. The number of para-hydroxylation sites is 1. The van der Waals surface area contributed by atoms with Crippen molar-refractivity contribution in [1.82, 2.24) is 0 Å². The first-order valence-electron chi connectivity index (χ1n) is 5.46. The fraction of sp³-hybridized carbons (Fsp3) is 0.462. The topological polar surface area (TPSA) is 37.3 Å². The number of carbonyl (C=O) groups is 1. The van der Waals surface area contributed by atoms with Crippen LogP contribution in [0.1, 0.15) is 37.7 Å². The highest BCUT2D eigenvalue weighted by molar-refractivity contribution is 5.78. The van der Waals surface area contributed by atoms with Crippen LogP contribution in [0.5, 0.6) is 5.75 Å². The van der Waals surface area contributed by atoms with E-state index in [0.717, 1.165) is 31.2 Å². The fourth-order valence-corrected chi connectivity index (χ4v) is 1.51. The number of hydrogen-bond acceptors (Lipinski definition) is 2. The van der Waals surface area contributed by atoms with Gasteiger partial charge in [0.1, 0.15) is 11.5 Å². The Kier molecular flexibility index (Phi) is 4.88. The minimum absolute atomic E-state index is 0.368. The average molecular weight is 206 g/mol. The molecule has 1 aromatic carbocycles. The maximum absolute atomic E-state index is 10.5. The summed E-state index contributed by atoms with van der Waals surface area (Å²) in [5.74, 6) is 0.832. The van der Waals surface area contributed by atoms with E-state index >= 15 is 0 Å². The molecule has 1 N–H and O–H groups in total. The lowest BCUT2D eigenvalue weighted by atomic mass is 10.00. The van der Waals surface area contributed by atoms with Crippen LogP contribution in [0.15, 0.2) is 24.3 Å². The van der Waals surface area contributed by atoms with Gasteiger partial charge in [0.05, 0.1) is 0 Å². The predicted octanol–water partition coefficient (Wildman–Crippen LogP) is 3.22. The SMILES string of the molecule is Cc1ccccc1O.O=C1CCCCC1. The smallest absolute Gasteiger partial charge is 0.132 e. The Labute approximate surface area is 90.9 Å². The molecule has 1 fully saturated rings. The number of Topliss-reactive ketones (excluding diaryl/α,β-unsaturated/α-hetero) is 1. The number of rotatable bonds is 0. The summed E-state index contributed by atoms with van der Waals surface area (Å²) in [6.45, 7) is 1.87. The van der Waals surface area contributed by atoms with Crippen LogP contribution in [-0.4, -0.2) is 10.9 Å². The van der Waals surface area contributed by atoms with Gasteiger partial charge in [-0.1, -0.05) is 24.6 Å². The second-order valence-electron chi connectivity index (χ2n) is 3.89. The lowest BCUT2D eigenvalue weighted by Gasteiger charge is -2.05. The van der Waals surface area contributed by atoms with Crippen LogP contribution in [-0.2, 0) is 4.79 Å². The quantitative estimate of drug-likeness (QED) is 0.707. The largest absolute Gasteiger partial charge is 0.508 e. The minimum atomic E-state index is 0.368. The van der Waals surface area contributed by atoms with Crippen LogP contribution in [0, 0.1) is 6.92 Å². The summed E-state index contributed by atoms with van der Waals surface area (Å²) in [5, 5.41) is 8.92. The number of benzene rings is 1. The number of aryl methyl sites for hydroxylation is 1. The van der Waals surface area contributed by atoms with Gasteiger partial charge in [0.25, 0.3) is 0 Å². The zero-order valence-corrected chi connectivity index (χ0v) is 9.20. The van der Waals surface area contributed by atoms with E-state index < -0.39 is 0 Å². The molecule has 0 aliphatic heterocycles. The third-order valence-corrected chi connectivity index (χ3v) is 2.53. The van der Waals surface area contributed by atoms with E-state index in [4.69, 9.17) is 5.11 Å². The van der Waals surface area contributed by atoms with Gasteiger partial charge in [0.2, 0.25) is 0 Å². The van der Waals surface area contributed by atoms with Gasteiger partial charge in [0, 0.05) is 12.8 Å². The van der Waals surface area contributed by atoms with Gasteiger partial charge in [-0.2, -0.15) is 0 Å². The lowest BCUT2D eigenvalue weighted by molar-refractivity contribution is -0.120. The van der Waals surface area contributed by atoms with Crippen LogP contribution in [0.25, 0.3) is 0 Å². The Balaban J connectivity index is 0.000000151. The van der Waals surface area contributed by atoms with E-state index in [1.54, 1.807) is 6.07 Å². The number of hydrogen-bond donors (Lipinski definition) is 1. The summed E-state index contributed by atoms with van der Waals surface area (Å²) in [6, 6.07) is 7.25. The van der Waals surface area contributed by atoms with Gasteiger partial charge >= 0.3 is 0 Å². The van der Waals surface area contributed by atoms with Crippen molar-refractivity contribution in [1.29, 1.82) is 0 Å². The molecule has 2 rings (SSSR count). The molecule has 0 spiro atoms. The van der Waals surface area contributed by atoms with Crippen molar-refractivity contribution in [2.24, 2.45) is 0 Å². The second kappa shape index (κ2) is 6.23. The van der Waals surface area contributed by atoms with Crippen molar-refractivity contribution in [2.75, 3.05) is 0 Å². The summed E-state index contributed by atoms with van der Waals surface area (Å²) >= 11 is 0. The summed E-state index contributed by atoms with van der Waals surface area (Å²) in [5.41, 5.74) is 0.924. The van der Waals surface area contributed by atoms with Crippen molar-refractivity contribution in [2.45, 2.75) is 39.0 Å². The summed E-state index contributed by atoms with van der Waals surface area (Å²) in [4.78, 5) is 10.5. The molecule has 0 radical (unpaired) electrons. The standard InChI is InChI=1S/C7H8O.C6H10O/c1-6-4-2-3-5-7(6)8;7-6-4-2-1-3-5-6/h2-5,8H,1H3;1-5H2. The van der Waals surface area contributed by atoms with Crippen molar-refractivity contribution in [3.63, 3.8) is 0 Å². The van der Waals surface area contributed by atoms with Crippen molar-refractivity contribution in [3.05, 3.63) is 29.8 Å². The van der Waals surface area contributed by atoms with Gasteiger partial charge < -0.3 is 5.11 Å². The van der Waals surface area contributed by atoms with Crippen LogP contribution in [0.3, 0.4) is 0 Å². The normalized spacial score (nSPS) is 15.4. The van der Waals surface area contributed by atoms with Gasteiger partial charge in [0.15, 0.2) is 0 Å². The van der Waals surface area contributed by atoms with Crippen molar-refractivity contribution < 1.29 is 9.90 Å². The molecule has 0 aromatic heterocycles. The molecule has 15 heavy (non-hydrogen) atoms. The number of ketones is 1. The summed E-state index contributed by atoms with van der Waals surface area (Å²) < 4.78 is 0. The van der Waals surface area contributed by atoms with E-state index in [1.165, 1.54) is 6.42 Å². The maximum Gasteiger partial charge on any atom is 0.132 e. The highest BCUT2D eigenvalue weighted by Gasteiger charge is 2.05. The molecule has 1 aliphatic carbocycles. The Morgan fingerprint density at radius 1 is 1.07 bits per heavy atom. The van der Waals surface area contributed by atoms with Crippen molar-refractivity contribution in [3.8, 4) is 5.75 Å². The van der Waals surface area contributed by atoms with Gasteiger partial charge in [-0.3, -0.25) is 4.79 Å². The minimum Gasteiger partial charge on any atom is -0.508 e. The molecule has 2 heteroatoms. The van der Waals surface area contributed by atoms with Crippen LogP contribution in [0.2, 0.25) is 0 Å². The first-order valence-corrected chi connectivity index (χ1v) is 5.46. The molecular formula is C13H18O2. The van der Waals surface area contributed by atoms with Gasteiger partial charge in [-0.25, -0.2) is 0 Å². The first-order chi connectivity index (χ1) is 7.20. The fourth-order valence-electron chi connectivity index (χ4n) is 1.51. The van der Waals surface area contributed by atoms with Crippen LogP contribution in [0.4, 0.5) is 0 Å². The monoisotopic (exact) mass is 206 g/mol. The highest BCUT2D eigenvalue weighted by Crippen LogP contribution is 2.12. The Morgan fingerprint density at radius 2 is 1.67 bits per heavy atom. The van der Waals surface area contributed by atoms with Crippen LogP contribution >= 0.6 is 0 Å². The summed E-state index contributed by atoms with van der Waals surface area (Å²) in [6.07, 6.45) is 5.24. The van der Waals surface area contributed by atoms with E-state index in [1.807, 2.05) is 25.1 Å². The third kappa shape index (κ3) is 4.63. The zero-order valence-electron chi connectivity index (χ0n) is 9.20. The molecule has 0 atom stereocenters. The molecule has 1 aromatic rings. The second-order valence-corrected chi connectivity index (χ2v) is 3.89. The molecule has 0 amide bonds. The highest BCUT2D eigenvalue weighted by atomic mass is 16.3. The molecule has 1 saturated carbocycles. The molecule has 82 valence electrons. The maximum atomic E-state index is 10.5. The number of aromatic hydroxyl groups is 1. The number of phenolic OH excluding ortho intramolecular Hbond substituents is 1. The van der Waals surface area contributed by atoms with E-state index in [2.05, 4.69) is 0 Å². The van der Waals surface area contributed by atoms with Crippen molar-refractivity contribution >= 4 is 5.78 Å². The van der Waals surface area contributed by atoms with Gasteiger partial charge in [-0.05, 0) is 31.4 Å². The molecule has 0 bridgehead atoms. The summed E-state index contributed by atoms with van der Waals surface area (Å²) in [7, 11) is 0. The van der Waals surface area contributed by atoms with Crippen LogP contribution < -0.4 is 0 Å². The van der Waals surface area contributed by atoms with E-state index in [9.17, 15) is 4.79 Å². The van der Waals surface area contributed by atoms with E-state index in [0.29, 0.717) is 11.5 Å². The molecule has 0 saturated heterocycles. The van der Waals surface area contributed by atoms with Gasteiger partial charge in [-0.15, -0.1) is 0 Å². The molecule has 0 unspecified atom stereocenters. The lowest BCUT2D eigenvalue weighted by Crippen LogP contribution is -2.02. The Morgan fingerprint density at radius 3 is 2.00 bits per heavy atom. The number of phenols is 1. The average Bonchev–Trinajstić information content (AvgIpc) is 2.25.